The minimum atomic E-state index is -0.550. The van der Waals surface area contributed by atoms with Crippen LogP contribution >= 0.6 is 0 Å². The van der Waals surface area contributed by atoms with Crippen molar-refractivity contribution in [2.24, 2.45) is 0 Å². The number of rotatable bonds is 4. The molecular formula is C24H22F2N4O2. The number of nitrogens with zero attached hydrogens (tertiary/aromatic N) is 3. The summed E-state index contributed by atoms with van der Waals surface area (Å²) in [5.41, 5.74) is 1.64. The van der Waals surface area contributed by atoms with Gasteiger partial charge in [0.05, 0.1) is 10.9 Å². The van der Waals surface area contributed by atoms with Crippen molar-refractivity contribution >= 4 is 22.4 Å². The molecule has 0 spiro atoms. The van der Waals surface area contributed by atoms with Crippen molar-refractivity contribution in [1.82, 2.24) is 9.88 Å². The number of pyridine rings is 1. The van der Waals surface area contributed by atoms with Crippen LogP contribution in [0.3, 0.4) is 0 Å². The molecule has 6 nitrogen and oxygen atoms in total. The lowest BCUT2D eigenvalue weighted by molar-refractivity contribution is -0.131. The summed E-state index contributed by atoms with van der Waals surface area (Å²) in [6.07, 6.45) is 0.620. The fraction of sp³-hybridized carbons (Fsp3) is 0.292. The third kappa shape index (κ3) is 4.33. The van der Waals surface area contributed by atoms with Crippen LogP contribution in [0.15, 0.2) is 41.2 Å². The Morgan fingerprint density at radius 1 is 1.09 bits per heavy atom. The molecule has 3 aromatic rings. The van der Waals surface area contributed by atoms with Crippen molar-refractivity contribution < 1.29 is 13.6 Å². The van der Waals surface area contributed by atoms with Gasteiger partial charge in [-0.3, -0.25) is 9.59 Å². The number of amides is 1. The molecule has 1 saturated heterocycles. The van der Waals surface area contributed by atoms with E-state index in [1.165, 1.54) is 24.3 Å². The van der Waals surface area contributed by atoms with Gasteiger partial charge in [-0.2, -0.15) is 5.26 Å². The number of carbonyl (C=O) groups excluding carboxylic acids is 1. The number of hydrogen-bond acceptors (Lipinski definition) is 4. The van der Waals surface area contributed by atoms with E-state index in [9.17, 15) is 18.4 Å². The van der Waals surface area contributed by atoms with E-state index in [4.69, 9.17) is 5.26 Å². The average Bonchev–Trinajstić information content (AvgIpc) is 2.78. The predicted octanol–water partition coefficient (Wildman–Crippen LogP) is 3.27. The molecule has 0 atom stereocenters. The second-order valence-corrected chi connectivity index (χ2v) is 7.95. The van der Waals surface area contributed by atoms with E-state index in [0.717, 1.165) is 0 Å². The molecule has 1 amide bonds. The molecule has 0 unspecified atom stereocenters. The van der Waals surface area contributed by atoms with Crippen LogP contribution in [0.25, 0.3) is 10.8 Å². The maximum atomic E-state index is 13.9. The molecule has 1 aliphatic heterocycles. The number of aromatic nitrogens is 1. The van der Waals surface area contributed by atoms with Crippen LogP contribution in [0, 0.1) is 29.9 Å². The molecular weight excluding hydrogens is 414 g/mol. The number of aryl methyl sites for hydroxylation is 2. The van der Waals surface area contributed by atoms with Crippen molar-refractivity contribution in [3.05, 3.63) is 75.2 Å². The van der Waals surface area contributed by atoms with E-state index < -0.39 is 11.6 Å². The van der Waals surface area contributed by atoms with Crippen molar-refractivity contribution in [2.45, 2.75) is 19.8 Å². The van der Waals surface area contributed by atoms with E-state index in [0.29, 0.717) is 60.3 Å². The minimum absolute atomic E-state index is 0.00891. The van der Waals surface area contributed by atoms with Gasteiger partial charge in [0.25, 0.3) is 5.56 Å². The number of nitriles is 1. The third-order valence-corrected chi connectivity index (χ3v) is 5.87. The Bertz CT molecular complexity index is 1290. The molecule has 1 fully saturated rings. The fourth-order valence-electron chi connectivity index (χ4n) is 4.10. The normalized spacial score (nSPS) is 13.9. The maximum absolute atomic E-state index is 13.9. The van der Waals surface area contributed by atoms with Crippen LogP contribution in [-0.2, 0) is 11.2 Å². The standard InChI is InChI=1S/C24H22F2N4O2/c1-15-10-17(25)11-21-20(15)12-18(28-24(21)32)3-5-23(31)30-8-6-29(7-9-30)19-4-2-16(14-27)22(26)13-19/h2,4,10-13H,3,5-9H2,1H3,(H,28,32). The third-order valence-electron chi connectivity index (χ3n) is 5.87. The summed E-state index contributed by atoms with van der Waals surface area (Å²) in [6.45, 7) is 3.89. The van der Waals surface area contributed by atoms with E-state index in [-0.39, 0.29) is 23.5 Å². The first kappa shape index (κ1) is 21.5. The highest BCUT2D eigenvalue weighted by molar-refractivity contribution is 5.85. The van der Waals surface area contributed by atoms with Gasteiger partial charge >= 0.3 is 0 Å². The van der Waals surface area contributed by atoms with Crippen LogP contribution < -0.4 is 10.5 Å². The van der Waals surface area contributed by atoms with Crippen LogP contribution in [-0.4, -0.2) is 42.0 Å². The van der Waals surface area contributed by atoms with E-state index in [2.05, 4.69) is 4.98 Å². The first-order valence-electron chi connectivity index (χ1n) is 10.4. The number of carbonyl (C=O) groups is 1. The molecule has 0 radical (unpaired) electrons. The minimum Gasteiger partial charge on any atom is -0.368 e. The number of fused-ring (bicyclic) bond motifs is 1. The van der Waals surface area contributed by atoms with E-state index >= 15 is 0 Å². The van der Waals surface area contributed by atoms with Crippen LogP contribution in [0.2, 0.25) is 0 Å². The number of aromatic amines is 1. The molecule has 164 valence electrons. The van der Waals surface area contributed by atoms with Crippen molar-refractivity contribution in [3.63, 3.8) is 0 Å². The second-order valence-electron chi connectivity index (χ2n) is 7.95. The molecule has 2 aromatic carbocycles. The summed E-state index contributed by atoms with van der Waals surface area (Å²) < 4.78 is 27.5. The predicted molar refractivity (Wildman–Crippen MR) is 117 cm³/mol. The molecule has 1 N–H and O–H groups in total. The first-order chi connectivity index (χ1) is 15.4. The lowest BCUT2D eigenvalue weighted by atomic mass is 10.0. The van der Waals surface area contributed by atoms with Crippen molar-refractivity contribution in [2.75, 3.05) is 31.1 Å². The molecule has 2 heterocycles. The molecule has 1 aliphatic rings. The summed E-state index contributed by atoms with van der Waals surface area (Å²) in [5.74, 6) is -1.02. The highest BCUT2D eigenvalue weighted by Gasteiger charge is 2.22. The highest BCUT2D eigenvalue weighted by atomic mass is 19.1. The second kappa shape index (κ2) is 8.79. The number of piperazine rings is 1. The van der Waals surface area contributed by atoms with Gasteiger partial charge in [-0.1, -0.05) is 0 Å². The summed E-state index contributed by atoms with van der Waals surface area (Å²) in [4.78, 5) is 31.5. The smallest absolute Gasteiger partial charge is 0.256 e. The molecule has 0 bridgehead atoms. The number of anilines is 1. The zero-order chi connectivity index (χ0) is 22.8. The number of hydrogen-bond donors (Lipinski definition) is 1. The van der Waals surface area contributed by atoms with Gasteiger partial charge in [0.1, 0.15) is 17.7 Å². The Morgan fingerprint density at radius 3 is 2.53 bits per heavy atom. The Labute approximate surface area is 183 Å². The Balaban J connectivity index is 1.37. The average molecular weight is 436 g/mol. The SMILES string of the molecule is Cc1cc(F)cc2c(=O)[nH]c(CCC(=O)N3CCN(c4ccc(C#N)c(F)c4)CC3)cc12. The van der Waals surface area contributed by atoms with Gasteiger partial charge in [-0.05, 0) is 60.7 Å². The van der Waals surface area contributed by atoms with E-state index in [1.54, 1.807) is 24.0 Å². The lowest BCUT2D eigenvalue weighted by Crippen LogP contribution is -2.48. The molecule has 1 aromatic heterocycles. The van der Waals surface area contributed by atoms with Gasteiger partial charge < -0.3 is 14.8 Å². The molecule has 32 heavy (non-hydrogen) atoms. The first-order valence-corrected chi connectivity index (χ1v) is 10.4. The number of H-pyrrole nitrogens is 1. The largest absolute Gasteiger partial charge is 0.368 e. The molecule has 0 saturated carbocycles. The van der Waals surface area contributed by atoms with Crippen molar-refractivity contribution in [3.8, 4) is 6.07 Å². The Kier molecular flexibility index (Phi) is 5.91. The van der Waals surface area contributed by atoms with Gasteiger partial charge in [-0.25, -0.2) is 8.78 Å². The lowest BCUT2D eigenvalue weighted by Gasteiger charge is -2.36. The molecule has 8 heteroatoms. The van der Waals surface area contributed by atoms with Crippen molar-refractivity contribution in [1.29, 1.82) is 5.26 Å². The molecule has 0 aliphatic carbocycles. The van der Waals surface area contributed by atoms with Crippen LogP contribution in [0.5, 0.6) is 0 Å². The quantitative estimate of drug-likeness (QED) is 0.681. The van der Waals surface area contributed by atoms with Crippen LogP contribution in [0.1, 0.15) is 23.2 Å². The highest BCUT2D eigenvalue weighted by Crippen LogP contribution is 2.21. The zero-order valence-electron chi connectivity index (χ0n) is 17.6. The summed E-state index contributed by atoms with van der Waals surface area (Å²) >= 11 is 0. The Morgan fingerprint density at radius 2 is 1.84 bits per heavy atom. The van der Waals surface area contributed by atoms with Gasteiger partial charge in [0, 0.05) is 44.0 Å². The van der Waals surface area contributed by atoms with Gasteiger partial charge in [-0.15, -0.1) is 0 Å². The van der Waals surface area contributed by atoms with Gasteiger partial charge in [0.2, 0.25) is 5.91 Å². The van der Waals surface area contributed by atoms with Gasteiger partial charge in [0.15, 0.2) is 0 Å². The zero-order valence-corrected chi connectivity index (χ0v) is 17.6. The van der Waals surface area contributed by atoms with E-state index in [1.807, 2.05) is 11.0 Å². The molecule has 4 rings (SSSR count). The topological polar surface area (TPSA) is 80.2 Å². The van der Waals surface area contributed by atoms with Crippen LogP contribution in [0.4, 0.5) is 14.5 Å². The number of halogens is 2. The summed E-state index contributed by atoms with van der Waals surface area (Å²) in [7, 11) is 0. The number of benzene rings is 2. The maximum Gasteiger partial charge on any atom is 0.256 e. The number of nitrogens with one attached hydrogen (secondary N) is 1. The monoisotopic (exact) mass is 436 g/mol. The summed E-state index contributed by atoms with van der Waals surface area (Å²) in [6, 6.07) is 10.7. The summed E-state index contributed by atoms with van der Waals surface area (Å²) in [5, 5.41) is 9.84. The Hall–Kier alpha value is -3.73. The fourth-order valence-corrected chi connectivity index (χ4v) is 4.10.